The molecule has 0 spiro atoms. The van der Waals surface area contributed by atoms with E-state index in [-0.39, 0.29) is 5.91 Å². The maximum absolute atomic E-state index is 10.6. The lowest BCUT2D eigenvalue weighted by Gasteiger charge is -2.02. The molecular formula is C12H17NOS. The van der Waals surface area contributed by atoms with Crippen LogP contribution in [-0.4, -0.2) is 18.2 Å². The first-order valence-corrected chi connectivity index (χ1v) is 6.20. The fourth-order valence-corrected chi connectivity index (χ4v) is 2.13. The van der Waals surface area contributed by atoms with E-state index in [0.29, 0.717) is 0 Å². The molecule has 0 heterocycles. The van der Waals surface area contributed by atoms with Crippen LogP contribution in [0.25, 0.3) is 0 Å². The monoisotopic (exact) mass is 223 g/mol. The lowest BCUT2D eigenvalue weighted by molar-refractivity contribution is -0.118. The van der Waals surface area contributed by atoms with E-state index >= 15 is 0 Å². The van der Waals surface area contributed by atoms with Gasteiger partial charge in [0.05, 0.1) is 0 Å². The first kappa shape index (κ1) is 12.1. The fourth-order valence-electron chi connectivity index (χ4n) is 1.20. The highest BCUT2D eigenvalue weighted by Crippen LogP contribution is 2.17. The van der Waals surface area contributed by atoms with Crippen LogP contribution in [0.3, 0.4) is 0 Å². The topological polar surface area (TPSA) is 29.1 Å². The van der Waals surface area contributed by atoms with E-state index in [1.807, 2.05) is 17.8 Å². The molecule has 82 valence electrons. The molecular weight excluding hydrogens is 206 g/mol. The van der Waals surface area contributed by atoms with E-state index in [0.717, 1.165) is 25.1 Å². The first-order chi connectivity index (χ1) is 7.29. The Labute approximate surface area is 95.5 Å². The summed E-state index contributed by atoms with van der Waals surface area (Å²) in [6.07, 6.45) is 2.19. The molecule has 0 aliphatic heterocycles. The molecule has 3 heteroatoms. The maximum atomic E-state index is 10.6. The summed E-state index contributed by atoms with van der Waals surface area (Å²) < 4.78 is 0. The lowest BCUT2D eigenvalue weighted by Crippen LogP contribution is -2.20. The molecule has 1 amide bonds. The third kappa shape index (κ3) is 6.18. The molecule has 15 heavy (non-hydrogen) atoms. The van der Waals surface area contributed by atoms with Crippen molar-refractivity contribution in [1.82, 2.24) is 5.32 Å². The van der Waals surface area contributed by atoms with Crippen LogP contribution >= 0.6 is 11.8 Å². The van der Waals surface area contributed by atoms with Crippen LogP contribution in [0, 0.1) is 0 Å². The molecule has 2 nitrogen and oxygen atoms in total. The Morgan fingerprint density at radius 2 is 2.00 bits per heavy atom. The van der Waals surface area contributed by atoms with E-state index in [9.17, 15) is 4.79 Å². The second kappa shape index (κ2) is 7.35. The summed E-state index contributed by atoms with van der Waals surface area (Å²) in [5, 5.41) is 2.80. The number of rotatable bonds is 6. The quantitative estimate of drug-likeness (QED) is 0.593. The summed E-state index contributed by atoms with van der Waals surface area (Å²) in [6, 6.07) is 10.4. The summed E-state index contributed by atoms with van der Waals surface area (Å²) in [6.45, 7) is 2.35. The molecule has 1 aromatic carbocycles. The Morgan fingerprint density at radius 1 is 1.27 bits per heavy atom. The zero-order chi connectivity index (χ0) is 10.9. The van der Waals surface area contributed by atoms with E-state index in [4.69, 9.17) is 0 Å². The smallest absolute Gasteiger partial charge is 0.216 e. The van der Waals surface area contributed by atoms with Crippen LogP contribution in [0.4, 0.5) is 0 Å². The number of benzene rings is 1. The van der Waals surface area contributed by atoms with E-state index < -0.39 is 0 Å². The van der Waals surface area contributed by atoms with Gasteiger partial charge in [0.25, 0.3) is 0 Å². The van der Waals surface area contributed by atoms with Crippen molar-refractivity contribution in [2.24, 2.45) is 0 Å². The zero-order valence-electron chi connectivity index (χ0n) is 9.03. The average Bonchev–Trinajstić information content (AvgIpc) is 2.24. The fraction of sp³-hybridized carbons (Fsp3) is 0.417. The van der Waals surface area contributed by atoms with Crippen LogP contribution in [0.15, 0.2) is 35.2 Å². The Kier molecular flexibility index (Phi) is 5.93. The highest BCUT2D eigenvalue weighted by molar-refractivity contribution is 7.99. The molecule has 0 saturated carbocycles. The molecule has 1 rings (SSSR count). The van der Waals surface area contributed by atoms with Gasteiger partial charge in [-0.3, -0.25) is 4.79 Å². The van der Waals surface area contributed by atoms with E-state index in [2.05, 4.69) is 29.6 Å². The van der Waals surface area contributed by atoms with Crippen LogP contribution < -0.4 is 5.32 Å². The number of unbranched alkanes of at least 4 members (excludes halogenated alkanes) is 1. The molecule has 0 aliphatic carbocycles. The number of hydrogen-bond acceptors (Lipinski definition) is 2. The van der Waals surface area contributed by atoms with Crippen molar-refractivity contribution in [3.8, 4) is 0 Å². The minimum Gasteiger partial charge on any atom is -0.356 e. The minimum atomic E-state index is 0.0608. The largest absolute Gasteiger partial charge is 0.356 e. The van der Waals surface area contributed by atoms with Crippen molar-refractivity contribution in [2.45, 2.75) is 24.7 Å². The number of hydrogen-bond donors (Lipinski definition) is 1. The molecule has 0 fully saturated rings. The summed E-state index contributed by atoms with van der Waals surface area (Å²) in [5.41, 5.74) is 0. The normalized spacial score (nSPS) is 9.93. The lowest BCUT2D eigenvalue weighted by atomic mass is 10.3. The molecule has 0 bridgehead atoms. The van der Waals surface area contributed by atoms with Gasteiger partial charge in [0, 0.05) is 18.4 Å². The summed E-state index contributed by atoms with van der Waals surface area (Å²) in [4.78, 5) is 11.9. The molecule has 0 aliphatic rings. The van der Waals surface area contributed by atoms with Crippen LogP contribution in [0.1, 0.15) is 19.8 Å². The number of carbonyl (C=O) groups is 1. The maximum Gasteiger partial charge on any atom is 0.216 e. The third-order valence-electron chi connectivity index (χ3n) is 1.96. The number of thioether (sulfide) groups is 1. The van der Waals surface area contributed by atoms with Gasteiger partial charge in [-0.05, 0) is 30.7 Å². The average molecular weight is 223 g/mol. The SMILES string of the molecule is CC(=O)NCCCCSc1ccccc1. The van der Waals surface area contributed by atoms with Crippen LogP contribution in [0.5, 0.6) is 0 Å². The molecule has 0 radical (unpaired) electrons. The number of amides is 1. The minimum absolute atomic E-state index is 0.0608. The molecule has 1 N–H and O–H groups in total. The van der Waals surface area contributed by atoms with Gasteiger partial charge in [-0.25, -0.2) is 0 Å². The van der Waals surface area contributed by atoms with Gasteiger partial charge >= 0.3 is 0 Å². The van der Waals surface area contributed by atoms with Crippen molar-refractivity contribution in [2.75, 3.05) is 12.3 Å². The summed E-state index contributed by atoms with van der Waals surface area (Å²) in [5.74, 6) is 1.18. The van der Waals surface area contributed by atoms with Crippen molar-refractivity contribution in [1.29, 1.82) is 0 Å². The van der Waals surface area contributed by atoms with Gasteiger partial charge in [-0.1, -0.05) is 18.2 Å². The molecule has 0 unspecified atom stereocenters. The van der Waals surface area contributed by atoms with Crippen LogP contribution in [0.2, 0.25) is 0 Å². The van der Waals surface area contributed by atoms with Crippen molar-refractivity contribution in [3.63, 3.8) is 0 Å². The predicted octanol–water partition coefficient (Wildman–Crippen LogP) is 2.70. The highest BCUT2D eigenvalue weighted by Gasteiger charge is 1.93. The molecule has 0 atom stereocenters. The zero-order valence-corrected chi connectivity index (χ0v) is 9.85. The Morgan fingerprint density at radius 3 is 2.67 bits per heavy atom. The number of nitrogens with one attached hydrogen (secondary N) is 1. The van der Waals surface area contributed by atoms with Gasteiger partial charge in [0.15, 0.2) is 0 Å². The predicted molar refractivity (Wildman–Crippen MR) is 65.1 cm³/mol. The van der Waals surface area contributed by atoms with Crippen molar-refractivity contribution >= 4 is 17.7 Å². The van der Waals surface area contributed by atoms with Crippen molar-refractivity contribution in [3.05, 3.63) is 30.3 Å². The highest BCUT2D eigenvalue weighted by atomic mass is 32.2. The van der Waals surface area contributed by atoms with Gasteiger partial charge in [-0.15, -0.1) is 11.8 Å². The van der Waals surface area contributed by atoms with E-state index in [1.165, 1.54) is 4.90 Å². The molecule has 0 saturated heterocycles. The Hall–Kier alpha value is -0.960. The third-order valence-corrected chi connectivity index (χ3v) is 3.06. The van der Waals surface area contributed by atoms with Gasteiger partial charge in [0.2, 0.25) is 5.91 Å². The molecule has 1 aromatic rings. The Balaban J connectivity index is 2.00. The Bertz CT molecular complexity index is 287. The van der Waals surface area contributed by atoms with E-state index in [1.54, 1.807) is 6.92 Å². The molecule has 0 aromatic heterocycles. The van der Waals surface area contributed by atoms with Gasteiger partial charge in [0.1, 0.15) is 0 Å². The van der Waals surface area contributed by atoms with Gasteiger partial charge in [-0.2, -0.15) is 0 Å². The second-order valence-electron chi connectivity index (χ2n) is 3.35. The summed E-state index contributed by atoms with van der Waals surface area (Å²) in [7, 11) is 0. The number of carbonyl (C=O) groups excluding carboxylic acids is 1. The van der Waals surface area contributed by atoms with Crippen molar-refractivity contribution < 1.29 is 4.79 Å². The standard InChI is InChI=1S/C12H17NOS/c1-11(14)13-9-5-6-10-15-12-7-3-2-4-8-12/h2-4,7-8H,5-6,9-10H2,1H3,(H,13,14). The van der Waals surface area contributed by atoms with Crippen LogP contribution in [-0.2, 0) is 4.79 Å². The summed E-state index contributed by atoms with van der Waals surface area (Å²) >= 11 is 1.87. The van der Waals surface area contributed by atoms with Gasteiger partial charge < -0.3 is 5.32 Å². The first-order valence-electron chi connectivity index (χ1n) is 5.21. The second-order valence-corrected chi connectivity index (χ2v) is 4.52.